The molecule has 2 aromatic rings. The van der Waals surface area contributed by atoms with Crippen LogP contribution in [0.25, 0.3) is 6.08 Å². The van der Waals surface area contributed by atoms with E-state index in [-0.39, 0.29) is 21.3 Å². The second-order valence-electron chi connectivity index (χ2n) is 5.57. The van der Waals surface area contributed by atoms with E-state index in [2.05, 4.69) is 10.3 Å². The van der Waals surface area contributed by atoms with Crippen LogP contribution in [0.2, 0.25) is 5.02 Å². The SMILES string of the molecule is O=C1NC(=Nc2ccc(Cl)c(C(F)(F)F)c2)S/C1=C\c1ccc(C(=O)O)cc1. The fourth-order valence-corrected chi connectivity index (χ4v) is 3.34. The Morgan fingerprint density at radius 3 is 2.46 bits per heavy atom. The predicted molar refractivity (Wildman–Crippen MR) is 101 cm³/mol. The van der Waals surface area contributed by atoms with Gasteiger partial charge in [-0.25, -0.2) is 9.79 Å². The summed E-state index contributed by atoms with van der Waals surface area (Å²) in [5.41, 5.74) is -0.322. The molecule has 144 valence electrons. The summed E-state index contributed by atoms with van der Waals surface area (Å²) >= 11 is 6.53. The van der Waals surface area contributed by atoms with E-state index in [1.807, 2.05) is 0 Å². The van der Waals surface area contributed by atoms with Gasteiger partial charge in [0.05, 0.1) is 26.7 Å². The van der Waals surface area contributed by atoms with Gasteiger partial charge in [0, 0.05) is 0 Å². The molecule has 0 unspecified atom stereocenters. The van der Waals surface area contributed by atoms with Crippen LogP contribution in [0.4, 0.5) is 18.9 Å². The first-order valence-electron chi connectivity index (χ1n) is 7.63. The van der Waals surface area contributed by atoms with E-state index in [1.165, 1.54) is 36.4 Å². The number of hydrogen-bond acceptors (Lipinski definition) is 4. The van der Waals surface area contributed by atoms with Crippen molar-refractivity contribution in [3.8, 4) is 0 Å². The molecule has 5 nitrogen and oxygen atoms in total. The molecule has 0 saturated carbocycles. The molecule has 2 N–H and O–H groups in total. The molecule has 1 aliphatic heterocycles. The third-order valence-electron chi connectivity index (χ3n) is 3.59. The van der Waals surface area contributed by atoms with Crippen molar-refractivity contribution in [1.82, 2.24) is 5.32 Å². The molecule has 0 aromatic heterocycles. The van der Waals surface area contributed by atoms with E-state index >= 15 is 0 Å². The van der Waals surface area contributed by atoms with Crippen molar-refractivity contribution >= 4 is 52.2 Å². The van der Waals surface area contributed by atoms with Gasteiger partial charge in [0.15, 0.2) is 5.17 Å². The molecular formula is C18H10ClF3N2O3S. The number of aliphatic imine (C=N–C) groups is 1. The third kappa shape index (κ3) is 4.55. The Kier molecular flexibility index (Phi) is 5.48. The highest BCUT2D eigenvalue weighted by Crippen LogP contribution is 2.37. The van der Waals surface area contributed by atoms with Crippen LogP contribution in [0, 0.1) is 0 Å². The normalized spacial score (nSPS) is 17.2. The molecule has 0 atom stereocenters. The van der Waals surface area contributed by atoms with Crippen LogP contribution in [-0.4, -0.2) is 22.2 Å². The minimum Gasteiger partial charge on any atom is -0.478 e. The summed E-state index contributed by atoms with van der Waals surface area (Å²) in [5.74, 6) is -1.53. The highest BCUT2D eigenvalue weighted by atomic mass is 35.5. The van der Waals surface area contributed by atoms with Crippen molar-refractivity contribution in [2.24, 2.45) is 4.99 Å². The number of rotatable bonds is 3. The number of aromatic carboxylic acids is 1. The van der Waals surface area contributed by atoms with Gasteiger partial charge >= 0.3 is 12.1 Å². The molecule has 1 saturated heterocycles. The van der Waals surface area contributed by atoms with Gasteiger partial charge in [0.1, 0.15) is 0 Å². The van der Waals surface area contributed by atoms with E-state index in [1.54, 1.807) is 0 Å². The number of amidine groups is 1. The highest BCUT2D eigenvalue weighted by molar-refractivity contribution is 8.18. The fraction of sp³-hybridized carbons (Fsp3) is 0.0556. The van der Waals surface area contributed by atoms with Crippen LogP contribution < -0.4 is 5.32 Å². The summed E-state index contributed by atoms with van der Waals surface area (Å²) in [6.45, 7) is 0. The minimum atomic E-state index is -4.62. The average molecular weight is 427 g/mol. The van der Waals surface area contributed by atoms with Gasteiger partial charge in [0.25, 0.3) is 5.91 Å². The van der Waals surface area contributed by atoms with Gasteiger partial charge in [-0.05, 0) is 53.7 Å². The van der Waals surface area contributed by atoms with Gasteiger partial charge in [-0.2, -0.15) is 13.2 Å². The number of carbonyl (C=O) groups excluding carboxylic acids is 1. The number of nitrogens with zero attached hydrogens (tertiary/aromatic N) is 1. The zero-order valence-electron chi connectivity index (χ0n) is 13.7. The summed E-state index contributed by atoms with van der Waals surface area (Å²) in [7, 11) is 0. The van der Waals surface area contributed by atoms with Crippen LogP contribution in [0.5, 0.6) is 0 Å². The first kappa shape index (κ1) is 20.0. The Balaban J connectivity index is 1.83. The minimum absolute atomic E-state index is 0.00779. The Morgan fingerprint density at radius 2 is 1.86 bits per heavy atom. The molecule has 1 heterocycles. The number of thioether (sulfide) groups is 1. The molecule has 0 spiro atoms. The summed E-state index contributed by atoms with van der Waals surface area (Å²) in [4.78, 5) is 27.2. The van der Waals surface area contributed by atoms with Crippen LogP contribution in [0.3, 0.4) is 0 Å². The van der Waals surface area contributed by atoms with E-state index in [0.717, 1.165) is 23.9 Å². The maximum atomic E-state index is 12.9. The Morgan fingerprint density at radius 1 is 1.18 bits per heavy atom. The number of benzene rings is 2. The Labute approximate surface area is 165 Å². The lowest BCUT2D eigenvalue weighted by atomic mass is 10.1. The molecule has 2 aromatic carbocycles. The van der Waals surface area contributed by atoms with Gasteiger partial charge < -0.3 is 10.4 Å². The number of alkyl halides is 3. The zero-order valence-corrected chi connectivity index (χ0v) is 15.3. The lowest BCUT2D eigenvalue weighted by molar-refractivity contribution is -0.137. The summed E-state index contributed by atoms with van der Waals surface area (Å²) in [6, 6.07) is 9.06. The maximum Gasteiger partial charge on any atom is 0.417 e. The Bertz CT molecular complexity index is 1020. The van der Waals surface area contributed by atoms with E-state index in [9.17, 15) is 22.8 Å². The molecule has 1 amide bonds. The monoisotopic (exact) mass is 426 g/mol. The first-order valence-corrected chi connectivity index (χ1v) is 8.82. The lowest BCUT2D eigenvalue weighted by Crippen LogP contribution is -2.19. The molecule has 3 rings (SSSR count). The number of hydrogen-bond donors (Lipinski definition) is 2. The lowest BCUT2D eigenvalue weighted by Gasteiger charge is -2.09. The molecule has 1 aliphatic rings. The van der Waals surface area contributed by atoms with Crippen molar-refractivity contribution in [3.05, 3.63) is 69.1 Å². The standard InChI is InChI=1S/C18H10ClF3N2O3S/c19-13-6-5-11(8-12(13)18(20,21)22)23-17-24-15(25)14(28-17)7-9-1-3-10(4-2-9)16(26)27/h1-8H,(H,26,27)(H,23,24,25)/b14-7-. The fourth-order valence-electron chi connectivity index (χ4n) is 2.27. The number of carboxylic acids is 1. The second-order valence-corrected chi connectivity index (χ2v) is 7.01. The number of halogens is 4. The van der Waals surface area contributed by atoms with E-state index < -0.39 is 28.6 Å². The number of carbonyl (C=O) groups is 2. The number of nitrogens with one attached hydrogen (secondary N) is 1. The molecule has 10 heteroatoms. The zero-order chi connectivity index (χ0) is 20.5. The smallest absolute Gasteiger partial charge is 0.417 e. The van der Waals surface area contributed by atoms with Crippen molar-refractivity contribution in [1.29, 1.82) is 0 Å². The first-order chi connectivity index (χ1) is 13.1. The molecule has 0 radical (unpaired) electrons. The third-order valence-corrected chi connectivity index (χ3v) is 4.83. The average Bonchev–Trinajstić information content (AvgIpc) is 2.95. The van der Waals surface area contributed by atoms with Gasteiger partial charge in [-0.15, -0.1) is 0 Å². The number of carboxylic acid groups (broad SMARTS) is 1. The molecule has 0 aliphatic carbocycles. The summed E-state index contributed by atoms with van der Waals surface area (Å²) in [6.07, 6.45) is -3.09. The highest BCUT2D eigenvalue weighted by Gasteiger charge is 2.33. The van der Waals surface area contributed by atoms with E-state index in [0.29, 0.717) is 5.56 Å². The van der Waals surface area contributed by atoms with Crippen molar-refractivity contribution in [2.45, 2.75) is 6.18 Å². The largest absolute Gasteiger partial charge is 0.478 e. The van der Waals surface area contributed by atoms with Gasteiger partial charge in [-0.3, -0.25) is 4.79 Å². The second kappa shape index (κ2) is 7.69. The molecular weight excluding hydrogens is 417 g/mol. The quantitative estimate of drug-likeness (QED) is 0.681. The number of amides is 1. The molecule has 28 heavy (non-hydrogen) atoms. The molecule has 1 fully saturated rings. The van der Waals surface area contributed by atoms with Crippen molar-refractivity contribution in [3.63, 3.8) is 0 Å². The Hall–Kier alpha value is -2.78. The molecule has 0 bridgehead atoms. The van der Waals surface area contributed by atoms with Crippen LogP contribution in [0.15, 0.2) is 52.4 Å². The van der Waals surface area contributed by atoms with Crippen LogP contribution >= 0.6 is 23.4 Å². The summed E-state index contributed by atoms with van der Waals surface area (Å²) in [5, 5.41) is 11.0. The van der Waals surface area contributed by atoms with Crippen LogP contribution in [0.1, 0.15) is 21.5 Å². The van der Waals surface area contributed by atoms with Crippen molar-refractivity contribution in [2.75, 3.05) is 0 Å². The van der Waals surface area contributed by atoms with Crippen molar-refractivity contribution < 1.29 is 27.9 Å². The van der Waals surface area contributed by atoms with Gasteiger partial charge in [-0.1, -0.05) is 23.7 Å². The van der Waals surface area contributed by atoms with E-state index in [4.69, 9.17) is 16.7 Å². The van der Waals surface area contributed by atoms with Crippen LogP contribution in [-0.2, 0) is 11.0 Å². The predicted octanol–water partition coefficient (Wildman–Crippen LogP) is 4.95. The summed E-state index contributed by atoms with van der Waals surface area (Å²) < 4.78 is 38.8. The maximum absolute atomic E-state index is 12.9. The van der Waals surface area contributed by atoms with Gasteiger partial charge in [0.2, 0.25) is 0 Å². The topological polar surface area (TPSA) is 78.8 Å².